The van der Waals surface area contributed by atoms with Crippen LogP contribution in [0, 0.1) is 18.3 Å². The molecule has 9 heteroatoms. The summed E-state index contributed by atoms with van der Waals surface area (Å²) in [6.45, 7) is 2.23. The number of nitrogens with zero attached hydrogens (tertiary/aromatic N) is 4. The Morgan fingerprint density at radius 1 is 1.26 bits per heavy atom. The van der Waals surface area contributed by atoms with Crippen molar-refractivity contribution in [2.75, 3.05) is 13.7 Å². The zero-order chi connectivity index (χ0) is 21.6. The number of piperidine rings is 1. The fourth-order valence-electron chi connectivity index (χ4n) is 4.72. The number of nitrogens with one attached hydrogen (secondary N) is 2. The Bertz CT molecular complexity index is 1120. The van der Waals surface area contributed by atoms with Gasteiger partial charge in [-0.3, -0.25) is 9.69 Å². The number of carbonyl (C=O) groups is 1. The number of pyridine rings is 1. The Morgan fingerprint density at radius 3 is 2.81 bits per heavy atom. The molecule has 5 rings (SSSR count). The van der Waals surface area contributed by atoms with Crippen LogP contribution in [0.25, 0.3) is 0 Å². The maximum atomic E-state index is 13.6. The molecule has 2 atom stereocenters. The molecule has 0 saturated carbocycles. The molecular weight excluding hydrogens is 396 g/mol. The van der Waals surface area contributed by atoms with Crippen LogP contribution in [0.15, 0.2) is 42.9 Å². The fourth-order valence-corrected chi connectivity index (χ4v) is 4.72. The summed E-state index contributed by atoms with van der Waals surface area (Å²) in [4.78, 5) is 19.7. The zero-order valence-corrected chi connectivity index (χ0v) is 17.3. The minimum Gasteiger partial charge on any atom is -0.496 e. The van der Waals surface area contributed by atoms with Crippen molar-refractivity contribution >= 4 is 11.6 Å². The molecule has 1 amide bonds. The normalized spacial score (nSPS) is 22.7. The molecule has 1 aromatic heterocycles. The minimum atomic E-state index is -0.229. The summed E-state index contributed by atoms with van der Waals surface area (Å²) in [5, 5.41) is 9.28. The van der Waals surface area contributed by atoms with E-state index in [1.807, 2.05) is 36.4 Å². The van der Waals surface area contributed by atoms with Crippen molar-refractivity contribution in [1.82, 2.24) is 25.4 Å². The lowest BCUT2D eigenvalue weighted by Crippen LogP contribution is -2.76. The van der Waals surface area contributed by atoms with Crippen molar-refractivity contribution in [2.24, 2.45) is 0 Å². The lowest BCUT2D eigenvalue weighted by atomic mass is 9.97. The highest BCUT2D eigenvalue weighted by atomic mass is 16.5. The van der Waals surface area contributed by atoms with Crippen molar-refractivity contribution in [1.29, 1.82) is 5.26 Å². The number of hydrogen-bond acceptors (Lipinski definition) is 7. The predicted octanol–water partition coefficient (Wildman–Crippen LogP) is 2.09. The summed E-state index contributed by atoms with van der Waals surface area (Å²) in [5.41, 5.74) is 9.39. The second kappa shape index (κ2) is 7.18. The minimum absolute atomic E-state index is 0.0829. The lowest BCUT2D eigenvalue weighted by Gasteiger charge is -2.50. The number of amides is 1. The predicted molar refractivity (Wildman–Crippen MR) is 112 cm³/mol. The van der Waals surface area contributed by atoms with Crippen LogP contribution in [-0.4, -0.2) is 41.7 Å². The third kappa shape index (κ3) is 2.79. The highest BCUT2D eigenvalue weighted by Gasteiger charge is 2.56. The lowest BCUT2D eigenvalue weighted by molar-refractivity contribution is -0.0458. The van der Waals surface area contributed by atoms with Crippen molar-refractivity contribution in [3.05, 3.63) is 59.6 Å². The van der Waals surface area contributed by atoms with Crippen molar-refractivity contribution in [3.8, 4) is 17.7 Å². The van der Waals surface area contributed by atoms with Gasteiger partial charge in [0.25, 0.3) is 5.91 Å². The molecule has 158 valence electrons. The molecule has 31 heavy (non-hydrogen) atoms. The van der Waals surface area contributed by atoms with Gasteiger partial charge in [-0.25, -0.2) is 15.8 Å². The molecule has 4 heterocycles. The quantitative estimate of drug-likeness (QED) is 0.735. The monoisotopic (exact) mass is 419 g/mol. The smallest absolute Gasteiger partial charge is 0.268 e. The van der Waals surface area contributed by atoms with Gasteiger partial charge < -0.3 is 9.47 Å². The summed E-state index contributed by atoms with van der Waals surface area (Å²) >= 11 is 0. The van der Waals surface area contributed by atoms with Gasteiger partial charge in [0.05, 0.1) is 37.7 Å². The maximum absolute atomic E-state index is 13.6. The van der Waals surface area contributed by atoms with Crippen LogP contribution in [0.1, 0.15) is 34.3 Å². The number of aromatic nitrogens is 1. The SMILES string of the molecule is COc1cccc2c1C(=O)N1C[C@H](Oc3nccc(C#N)c3C)CC[C@H]1[N+]21NC=CN1. The molecular formula is C22H23N6O3+. The highest BCUT2D eigenvalue weighted by molar-refractivity contribution is 6.03. The number of fused-ring (bicyclic) bond motifs is 4. The van der Waals surface area contributed by atoms with E-state index in [-0.39, 0.29) is 22.9 Å². The van der Waals surface area contributed by atoms with Crippen LogP contribution >= 0.6 is 0 Å². The van der Waals surface area contributed by atoms with Gasteiger partial charge in [-0.1, -0.05) is 10.8 Å². The first kappa shape index (κ1) is 19.2. The molecule has 2 aromatic rings. The van der Waals surface area contributed by atoms with Gasteiger partial charge in [-0.05, 0) is 25.5 Å². The maximum Gasteiger partial charge on any atom is 0.268 e. The third-order valence-electron chi connectivity index (χ3n) is 6.23. The van der Waals surface area contributed by atoms with Gasteiger partial charge in [-0.15, -0.1) is 0 Å². The largest absolute Gasteiger partial charge is 0.496 e. The van der Waals surface area contributed by atoms with E-state index in [2.05, 4.69) is 21.9 Å². The van der Waals surface area contributed by atoms with E-state index in [1.54, 1.807) is 25.4 Å². The van der Waals surface area contributed by atoms with Crippen LogP contribution in [0.5, 0.6) is 11.6 Å². The molecule has 0 aliphatic carbocycles. The fraction of sp³-hybridized carbons (Fsp3) is 0.318. The van der Waals surface area contributed by atoms with Crippen LogP contribution in [0.3, 0.4) is 0 Å². The standard InChI is InChI=1S/C22H23N6O3/c1-14-15(12-23)8-9-24-21(14)31-16-6-7-19-27(13-16)22(29)20-17(4-3-5-18(20)30-2)28(19)25-10-11-26-28/h3-5,8-11,16,19,25-26H,6-7,13H2,1-2H3/q+1/t16-,19-/m1/s1. The van der Waals surface area contributed by atoms with Gasteiger partial charge in [-0.2, -0.15) is 5.26 Å². The molecule has 2 N–H and O–H groups in total. The van der Waals surface area contributed by atoms with E-state index >= 15 is 0 Å². The van der Waals surface area contributed by atoms with Crippen LogP contribution in [0.4, 0.5) is 5.69 Å². The number of quaternary nitrogens is 1. The van der Waals surface area contributed by atoms with E-state index in [0.29, 0.717) is 41.3 Å². The summed E-state index contributed by atoms with van der Waals surface area (Å²) < 4.78 is 11.9. The van der Waals surface area contributed by atoms with Gasteiger partial charge in [0.15, 0.2) is 0 Å². The number of carbonyl (C=O) groups excluding carboxylic acids is 1. The number of ether oxygens (including phenoxy) is 2. The molecule has 1 saturated heterocycles. The number of hydrogen-bond donors (Lipinski definition) is 2. The van der Waals surface area contributed by atoms with Gasteiger partial charge >= 0.3 is 0 Å². The average molecular weight is 419 g/mol. The van der Waals surface area contributed by atoms with E-state index in [9.17, 15) is 10.1 Å². The van der Waals surface area contributed by atoms with Gasteiger partial charge in [0.2, 0.25) is 17.7 Å². The second-order valence-corrected chi connectivity index (χ2v) is 7.82. The molecule has 1 fully saturated rings. The topological polar surface area (TPSA) is 99.5 Å². The number of rotatable bonds is 3. The average Bonchev–Trinajstić information content (AvgIpc) is 3.29. The summed E-state index contributed by atoms with van der Waals surface area (Å²) in [6, 6.07) is 9.47. The van der Waals surface area contributed by atoms with Crippen LogP contribution in [-0.2, 0) is 0 Å². The first-order valence-corrected chi connectivity index (χ1v) is 10.2. The van der Waals surface area contributed by atoms with Crippen LogP contribution < -0.4 is 25.0 Å². The Kier molecular flexibility index (Phi) is 4.45. The van der Waals surface area contributed by atoms with Crippen molar-refractivity contribution < 1.29 is 14.3 Å². The number of nitriles is 1. The number of benzene rings is 1. The van der Waals surface area contributed by atoms with E-state index in [0.717, 1.165) is 12.1 Å². The molecule has 0 unspecified atom stereocenters. The molecule has 3 aliphatic rings. The first-order valence-electron chi connectivity index (χ1n) is 10.2. The summed E-state index contributed by atoms with van der Waals surface area (Å²) in [6.07, 6.45) is 6.35. The number of methoxy groups -OCH3 is 1. The van der Waals surface area contributed by atoms with Crippen molar-refractivity contribution in [3.63, 3.8) is 0 Å². The first-order chi connectivity index (χ1) is 15.1. The molecule has 0 radical (unpaired) electrons. The third-order valence-corrected chi connectivity index (χ3v) is 6.23. The van der Waals surface area contributed by atoms with Crippen molar-refractivity contribution in [2.45, 2.75) is 32.0 Å². The Labute approximate surface area is 180 Å². The van der Waals surface area contributed by atoms with Gasteiger partial charge in [0, 0.05) is 24.2 Å². The second-order valence-electron chi connectivity index (χ2n) is 7.82. The Morgan fingerprint density at radius 2 is 2.06 bits per heavy atom. The van der Waals surface area contributed by atoms with Crippen LogP contribution in [0.2, 0.25) is 0 Å². The Hall–Kier alpha value is -3.77. The molecule has 3 aliphatic heterocycles. The van der Waals surface area contributed by atoms with Gasteiger partial charge in [0.1, 0.15) is 17.4 Å². The summed E-state index contributed by atoms with van der Waals surface area (Å²) in [7, 11) is 1.57. The highest BCUT2D eigenvalue weighted by Crippen LogP contribution is 2.43. The zero-order valence-electron chi connectivity index (χ0n) is 17.3. The Balaban J connectivity index is 1.49. The van der Waals surface area contributed by atoms with E-state index in [4.69, 9.17) is 9.47 Å². The molecule has 1 spiro atoms. The molecule has 0 bridgehead atoms. The molecule has 9 nitrogen and oxygen atoms in total. The molecule has 1 aromatic carbocycles. The van der Waals surface area contributed by atoms with E-state index < -0.39 is 0 Å². The summed E-state index contributed by atoms with van der Waals surface area (Å²) in [5.74, 6) is 0.893. The van der Waals surface area contributed by atoms with E-state index in [1.165, 1.54) is 0 Å².